The Labute approximate surface area is 177 Å². The number of benzene rings is 2. The van der Waals surface area contributed by atoms with Crippen LogP contribution in [0.25, 0.3) is 0 Å². The Morgan fingerprint density at radius 3 is 2.33 bits per heavy atom. The smallest absolute Gasteiger partial charge is 0.254 e. The number of hydrogen-bond donors (Lipinski definition) is 0. The summed E-state index contributed by atoms with van der Waals surface area (Å²) in [5, 5.41) is 0. The highest BCUT2D eigenvalue weighted by Crippen LogP contribution is 2.32. The lowest BCUT2D eigenvalue weighted by Gasteiger charge is -2.38. The van der Waals surface area contributed by atoms with Crippen LogP contribution in [0.1, 0.15) is 41.0 Å². The fourth-order valence-corrected chi connectivity index (χ4v) is 4.18. The topological polar surface area (TPSA) is 45.6 Å². The van der Waals surface area contributed by atoms with Crippen molar-refractivity contribution in [2.24, 2.45) is 0 Å². The Hall–Kier alpha value is -3.34. The molecule has 0 saturated carbocycles. The quantitative estimate of drug-likeness (QED) is 0.627. The van der Waals surface area contributed by atoms with Gasteiger partial charge in [0.15, 0.2) is 0 Å². The van der Waals surface area contributed by atoms with Gasteiger partial charge in [0, 0.05) is 37.1 Å². The van der Waals surface area contributed by atoms with Crippen LogP contribution in [-0.2, 0) is 11.3 Å². The molecule has 1 unspecified atom stereocenters. The monoisotopic (exact) mass is 401 g/mol. The van der Waals surface area contributed by atoms with E-state index in [9.17, 15) is 9.59 Å². The lowest BCUT2D eigenvalue weighted by molar-refractivity contribution is -0.134. The largest absolute Gasteiger partial charge is 0.348 e. The lowest BCUT2D eigenvalue weighted by atomic mass is 10.00. The molecule has 1 aliphatic heterocycles. The van der Waals surface area contributed by atoms with Gasteiger partial charge in [-0.05, 0) is 36.2 Å². The van der Waals surface area contributed by atoms with E-state index in [2.05, 4.69) is 29.0 Å². The second kappa shape index (κ2) is 8.99. The van der Waals surface area contributed by atoms with Crippen molar-refractivity contribution >= 4 is 11.8 Å². The third-order valence-corrected chi connectivity index (χ3v) is 5.60. The molecule has 0 spiro atoms. The Balaban J connectivity index is 1.60. The van der Waals surface area contributed by atoms with Crippen molar-refractivity contribution in [3.63, 3.8) is 0 Å². The van der Waals surface area contributed by atoms with Gasteiger partial charge < -0.3 is 14.4 Å². The van der Waals surface area contributed by atoms with E-state index in [1.807, 2.05) is 54.3 Å². The third kappa shape index (κ3) is 4.01. The zero-order chi connectivity index (χ0) is 20.9. The highest BCUT2D eigenvalue weighted by atomic mass is 16.2. The molecule has 5 nitrogen and oxygen atoms in total. The van der Waals surface area contributed by atoms with Crippen molar-refractivity contribution in [2.75, 3.05) is 19.6 Å². The molecule has 154 valence electrons. The standard InChI is InChI=1S/C25H27N3O2/c1-2-15-27(25(30)21-12-7-4-8-13-21)19-23(29)28-18-17-26-16-9-14-22(26)24(28)20-10-5-3-6-11-20/h3-14,16,24H,2,15,17-19H2,1H3. The average Bonchev–Trinajstić information content (AvgIpc) is 3.27. The van der Waals surface area contributed by atoms with Crippen LogP contribution in [0.3, 0.4) is 0 Å². The average molecular weight is 402 g/mol. The van der Waals surface area contributed by atoms with Crippen molar-refractivity contribution in [2.45, 2.75) is 25.9 Å². The molecular weight excluding hydrogens is 374 g/mol. The first-order valence-electron chi connectivity index (χ1n) is 10.5. The van der Waals surface area contributed by atoms with Crippen LogP contribution >= 0.6 is 0 Å². The maximum absolute atomic E-state index is 13.5. The maximum Gasteiger partial charge on any atom is 0.254 e. The van der Waals surface area contributed by atoms with Gasteiger partial charge in [-0.25, -0.2) is 0 Å². The summed E-state index contributed by atoms with van der Waals surface area (Å²) >= 11 is 0. The molecule has 1 aliphatic rings. The van der Waals surface area contributed by atoms with Crippen LogP contribution < -0.4 is 0 Å². The molecule has 2 amide bonds. The van der Waals surface area contributed by atoms with E-state index in [1.165, 1.54) is 0 Å². The van der Waals surface area contributed by atoms with Gasteiger partial charge in [0.2, 0.25) is 5.91 Å². The first-order valence-corrected chi connectivity index (χ1v) is 10.5. The maximum atomic E-state index is 13.5. The second-order valence-electron chi connectivity index (χ2n) is 7.62. The highest BCUT2D eigenvalue weighted by molar-refractivity contribution is 5.96. The zero-order valence-electron chi connectivity index (χ0n) is 17.3. The van der Waals surface area contributed by atoms with Crippen molar-refractivity contribution < 1.29 is 9.59 Å². The van der Waals surface area contributed by atoms with Gasteiger partial charge in [0.05, 0.1) is 6.04 Å². The molecule has 1 atom stereocenters. The van der Waals surface area contributed by atoms with Crippen LogP contribution in [-0.4, -0.2) is 45.8 Å². The van der Waals surface area contributed by atoms with Crippen LogP contribution in [0.4, 0.5) is 0 Å². The molecule has 0 fully saturated rings. The molecule has 30 heavy (non-hydrogen) atoms. The molecule has 0 saturated heterocycles. The number of rotatable bonds is 6. The molecule has 3 aromatic rings. The predicted octanol–water partition coefficient (Wildman–Crippen LogP) is 3.97. The van der Waals surface area contributed by atoms with Crippen LogP contribution in [0.15, 0.2) is 79.0 Å². The zero-order valence-corrected chi connectivity index (χ0v) is 17.3. The number of aromatic nitrogens is 1. The van der Waals surface area contributed by atoms with E-state index in [0.29, 0.717) is 18.7 Å². The number of fused-ring (bicyclic) bond motifs is 1. The summed E-state index contributed by atoms with van der Waals surface area (Å²) in [6.45, 7) is 4.05. The Morgan fingerprint density at radius 2 is 1.63 bits per heavy atom. The number of carbonyl (C=O) groups is 2. The number of nitrogens with zero attached hydrogens (tertiary/aromatic N) is 3. The third-order valence-electron chi connectivity index (χ3n) is 5.60. The first kappa shape index (κ1) is 20.0. The number of carbonyl (C=O) groups excluding carboxylic acids is 2. The van der Waals surface area contributed by atoms with Crippen molar-refractivity contribution in [1.82, 2.24) is 14.4 Å². The fraction of sp³-hybridized carbons (Fsp3) is 0.280. The van der Waals surface area contributed by atoms with Gasteiger partial charge in [0.1, 0.15) is 6.54 Å². The number of amides is 2. The predicted molar refractivity (Wildman–Crippen MR) is 117 cm³/mol. The van der Waals surface area contributed by atoms with Crippen molar-refractivity contribution in [1.29, 1.82) is 0 Å². The Morgan fingerprint density at radius 1 is 0.933 bits per heavy atom. The molecule has 2 heterocycles. The van der Waals surface area contributed by atoms with E-state index < -0.39 is 0 Å². The normalized spacial score (nSPS) is 15.5. The summed E-state index contributed by atoms with van der Waals surface area (Å²) in [7, 11) is 0. The molecule has 2 aromatic carbocycles. The summed E-state index contributed by atoms with van der Waals surface area (Å²) in [6.07, 6.45) is 2.87. The highest BCUT2D eigenvalue weighted by Gasteiger charge is 2.33. The molecule has 5 heteroatoms. The SMILES string of the molecule is CCCN(CC(=O)N1CCn2cccc2C1c1ccccc1)C(=O)c1ccccc1. The van der Waals surface area contributed by atoms with Crippen molar-refractivity contribution in [3.05, 3.63) is 95.8 Å². The van der Waals surface area contributed by atoms with E-state index in [-0.39, 0.29) is 24.4 Å². The van der Waals surface area contributed by atoms with Crippen LogP contribution in [0.2, 0.25) is 0 Å². The molecular formula is C25H27N3O2. The molecule has 0 bridgehead atoms. The van der Waals surface area contributed by atoms with Gasteiger partial charge in [-0.15, -0.1) is 0 Å². The summed E-state index contributed by atoms with van der Waals surface area (Å²) in [4.78, 5) is 30.1. The fourth-order valence-electron chi connectivity index (χ4n) is 4.18. The van der Waals surface area contributed by atoms with Gasteiger partial charge in [-0.3, -0.25) is 9.59 Å². The van der Waals surface area contributed by atoms with Gasteiger partial charge in [0.25, 0.3) is 5.91 Å². The summed E-state index contributed by atoms with van der Waals surface area (Å²) in [5.41, 5.74) is 2.81. The van der Waals surface area contributed by atoms with E-state index >= 15 is 0 Å². The minimum absolute atomic E-state index is 0.0194. The van der Waals surface area contributed by atoms with E-state index in [4.69, 9.17) is 0 Å². The minimum atomic E-state index is -0.141. The van der Waals surface area contributed by atoms with Crippen LogP contribution in [0, 0.1) is 0 Å². The summed E-state index contributed by atoms with van der Waals surface area (Å²) in [6, 6.07) is 23.3. The minimum Gasteiger partial charge on any atom is -0.348 e. The first-order chi connectivity index (χ1) is 14.7. The molecule has 0 N–H and O–H groups in total. The molecule has 4 rings (SSSR count). The van der Waals surface area contributed by atoms with Crippen LogP contribution in [0.5, 0.6) is 0 Å². The van der Waals surface area contributed by atoms with Gasteiger partial charge in [-0.1, -0.05) is 55.5 Å². The number of hydrogen-bond acceptors (Lipinski definition) is 2. The van der Waals surface area contributed by atoms with Gasteiger partial charge in [-0.2, -0.15) is 0 Å². The van der Waals surface area contributed by atoms with Crippen molar-refractivity contribution in [3.8, 4) is 0 Å². The van der Waals surface area contributed by atoms with E-state index in [1.54, 1.807) is 17.0 Å². The molecule has 0 aliphatic carbocycles. The lowest BCUT2D eigenvalue weighted by Crippen LogP contribution is -2.48. The summed E-state index contributed by atoms with van der Waals surface area (Å²) < 4.78 is 2.21. The second-order valence-corrected chi connectivity index (χ2v) is 7.62. The van der Waals surface area contributed by atoms with E-state index in [0.717, 1.165) is 24.2 Å². The molecule has 0 radical (unpaired) electrons. The Bertz CT molecular complexity index is 998. The molecule has 1 aromatic heterocycles. The summed E-state index contributed by atoms with van der Waals surface area (Å²) in [5.74, 6) is -0.114. The van der Waals surface area contributed by atoms with Gasteiger partial charge >= 0.3 is 0 Å². The Kier molecular flexibility index (Phi) is 5.98.